The van der Waals surface area contributed by atoms with Gasteiger partial charge in [0.1, 0.15) is 5.82 Å². The minimum absolute atomic E-state index is 0.354. The number of ether oxygens (including phenoxy) is 2. The molecule has 0 aromatic carbocycles. The summed E-state index contributed by atoms with van der Waals surface area (Å²) in [4.78, 5) is 4.28. The second-order valence-electron chi connectivity index (χ2n) is 4.10. The van der Waals surface area contributed by atoms with Crippen molar-refractivity contribution in [2.75, 3.05) is 20.0 Å². The molecule has 2 rings (SSSR count). The van der Waals surface area contributed by atoms with Gasteiger partial charge in [0.2, 0.25) is 5.16 Å². The van der Waals surface area contributed by atoms with Crippen molar-refractivity contribution >= 4 is 11.8 Å². The Morgan fingerprint density at radius 2 is 2.15 bits per heavy atom. The third kappa shape index (κ3) is 3.78. The van der Waals surface area contributed by atoms with Gasteiger partial charge in [0.05, 0.1) is 6.54 Å². The highest BCUT2D eigenvalue weighted by molar-refractivity contribution is 7.99. The summed E-state index contributed by atoms with van der Waals surface area (Å²) < 4.78 is 14.0. The Balaban J connectivity index is 1.87. The molecule has 20 heavy (non-hydrogen) atoms. The van der Waals surface area contributed by atoms with Crippen LogP contribution in [0.1, 0.15) is 5.82 Å². The first-order valence-electron chi connectivity index (χ1n) is 6.15. The van der Waals surface area contributed by atoms with E-state index < -0.39 is 0 Å². The molecule has 2 heterocycles. The van der Waals surface area contributed by atoms with Gasteiger partial charge >= 0.3 is 0 Å². The Morgan fingerprint density at radius 3 is 2.80 bits per heavy atom. The van der Waals surface area contributed by atoms with E-state index in [9.17, 15) is 0 Å². The van der Waals surface area contributed by atoms with E-state index >= 15 is 0 Å². The van der Waals surface area contributed by atoms with E-state index in [2.05, 4.69) is 20.5 Å². The summed E-state index contributed by atoms with van der Waals surface area (Å²) in [7, 11) is 5.16. The maximum atomic E-state index is 5.15. The van der Waals surface area contributed by atoms with Crippen molar-refractivity contribution in [1.29, 1.82) is 0 Å². The maximum Gasteiger partial charge on any atom is 0.209 e. The van der Waals surface area contributed by atoms with Crippen LogP contribution in [0.2, 0.25) is 0 Å². The van der Waals surface area contributed by atoms with E-state index in [0.29, 0.717) is 6.54 Å². The van der Waals surface area contributed by atoms with Gasteiger partial charge < -0.3 is 14.0 Å². The fourth-order valence-corrected chi connectivity index (χ4v) is 2.49. The highest BCUT2D eigenvalue weighted by Crippen LogP contribution is 2.15. The van der Waals surface area contributed by atoms with Crippen molar-refractivity contribution in [1.82, 2.24) is 29.8 Å². The van der Waals surface area contributed by atoms with Crippen molar-refractivity contribution in [2.24, 2.45) is 7.05 Å². The second-order valence-corrected chi connectivity index (χ2v) is 5.16. The largest absolute Gasteiger partial charge is 0.354 e. The fourth-order valence-electron chi connectivity index (χ4n) is 1.67. The van der Waals surface area contributed by atoms with Gasteiger partial charge in [-0.3, -0.25) is 0 Å². The van der Waals surface area contributed by atoms with E-state index in [1.54, 1.807) is 36.9 Å². The van der Waals surface area contributed by atoms with E-state index in [4.69, 9.17) is 9.47 Å². The lowest BCUT2D eigenvalue weighted by Crippen LogP contribution is -2.22. The van der Waals surface area contributed by atoms with Crippen LogP contribution >= 0.6 is 11.8 Å². The summed E-state index contributed by atoms with van der Waals surface area (Å²) in [6.07, 6.45) is 4.24. The Kier molecular flexibility index (Phi) is 5.50. The number of hydrogen-bond acceptors (Lipinski definition) is 7. The van der Waals surface area contributed by atoms with Gasteiger partial charge in [-0.15, -0.1) is 5.10 Å². The minimum Gasteiger partial charge on any atom is -0.354 e. The van der Waals surface area contributed by atoms with Crippen molar-refractivity contribution in [2.45, 2.75) is 24.4 Å². The number of hydrogen-bond donors (Lipinski definition) is 0. The van der Waals surface area contributed by atoms with Crippen LogP contribution in [-0.4, -0.2) is 56.0 Å². The molecule has 110 valence electrons. The number of thioether (sulfide) groups is 1. The molecule has 0 aliphatic heterocycles. The van der Waals surface area contributed by atoms with Crippen LogP contribution in [0.3, 0.4) is 0 Å². The average molecular weight is 298 g/mol. The summed E-state index contributed by atoms with van der Waals surface area (Å²) in [6, 6.07) is 0. The molecule has 0 unspecified atom stereocenters. The van der Waals surface area contributed by atoms with Crippen molar-refractivity contribution in [3.05, 3.63) is 18.2 Å². The molecule has 9 heteroatoms. The molecule has 0 radical (unpaired) electrons. The molecule has 0 amide bonds. The van der Waals surface area contributed by atoms with Gasteiger partial charge in [0.15, 0.2) is 6.29 Å². The Bertz CT molecular complexity index is 524. The maximum absolute atomic E-state index is 5.15. The van der Waals surface area contributed by atoms with Gasteiger partial charge in [-0.2, -0.15) is 0 Å². The molecule has 8 nitrogen and oxygen atoms in total. The molecule has 0 bridgehead atoms. The monoisotopic (exact) mass is 298 g/mol. The lowest BCUT2D eigenvalue weighted by molar-refractivity contribution is -0.113. The molecular weight excluding hydrogens is 280 g/mol. The summed E-state index contributed by atoms with van der Waals surface area (Å²) >= 11 is 1.59. The molecule has 0 saturated heterocycles. The zero-order valence-electron chi connectivity index (χ0n) is 11.8. The normalized spacial score (nSPS) is 11.4. The third-order valence-electron chi connectivity index (χ3n) is 2.82. The molecule has 0 aliphatic rings. The van der Waals surface area contributed by atoms with E-state index in [1.807, 2.05) is 17.8 Å². The molecule has 2 aromatic heterocycles. The van der Waals surface area contributed by atoms with Crippen molar-refractivity contribution < 1.29 is 9.47 Å². The van der Waals surface area contributed by atoms with Crippen molar-refractivity contribution in [3.63, 3.8) is 0 Å². The predicted molar refractivity (Wildman–Crippen MR) is 73.3 cm³/mol. The number of aromatic nitrogens is 6. The summed E-state index contributed by atoms with van der Waals surface area (Å²) in [5.74, 6) is 1.90. The molecule has 0 fully saturated rings. The Hall–Kier alpha value is -1.45. The summed E-state index contributed by atoms with van der Waals surface area (Å²) in [5, 5.41) is 12.4. The SMILES string of the molecule is COC(Cn1nnnc1SCCc1nccn1C)OC. The molecular formula is C11H18N6O2S. The smallest absolute Gasteiger partial charge is 0.209 e. The number of imidazole rings is 1. The molecule has 0 saturated carbocycles. The minimum atomic E-state index is -0.354. The third-order valence-corrected chi connectivity index (χ3v) is 3.78. The van der Waals surface area contributed by atoms with Crippen LogP contribution < -0.4 is 0 Å². The van der Waals surface area contributed by atoms with Gasteiger partial charge in [-0.25, -0.2) is 9.67 Å². The Labute approximate surface area is 121 Å². The van der Waals surface area contributed by atoms with E-state index in [1.165, 1.54) is 0 Å². The summed E-state index contributed by atoms with van der Waals surface area (Å²) in [6.45, 7) is 0.463. The van der Waals surface area contributed by atoms with Crippen LogP contribution in [-0.2, 0) is 29.5 Å². The van der Waals surface area contributed by atoms with Crippen LogP contribution in [0.5, 0.6) is 0 Å². The number of rotatable bonds is 8. The molecule has 2 aromatic rings. The van der Waals surface area contributed by atoms with Gasteiger partial charge in [0, 0.05) is 45.8 Å². The zero-order valence-corrected chi connectivity index (χ0v) is 12.6. The highest BCUT2D eigenvalue weighted by atomic mass is 32.2. The molecule has 0 aliphatic carbocycles. The van der Waals surface area contributed by atoms with E-state index in [0.717, 1.165) is 23.2 Å². The lowest BCUT2D eigenvalue weighted by Gasteiger charge is -2.13. The fraction of sp³-hybridized carbons (Fsp3) is 0.636. The zero-order chi connectivity index (χ0) is 14.4. The molecule has 0 spiro atoms. The quantitative estimate of drug-likeness (QED) is 0.514. The number of tetrazole rings is 1. The lowest BCUT2D eigenvalue weighted by atomic mass is 10.4. The first kappa shape index (κ1) is 14.9. The average Bonchev–Trinajstić information content (AvgIpc) is 3.06. The number of methoxy groups -OCH3 is 2. The number of nitrogens with zero attached hydrogens (tertiary/aromatic N) is 6. The Morgan fingerprint density at radius 1 is 1.35 bits per heavy atom. The molecule has 0 N–H and O–H groups in total. The second kappa shape index (κ2) is 7.36. The predicted octanol–water partition coefficient (Wildman–Crippen LogP) is 0.360. The first-order valence-corrected chi connectivity index (χ1v) is 7.14. The van der Waals surface area contributed by atoms with Gasteiger partial charge in [-0.05, 0) is 10.4 Å². The van der Waals surface area contributed by atoms with Crippen LogP contribution in [0, 0.1) is 0 Å². The highest BCUT2D eigenvalue weighted by Gasteiger charge is 2.13. The van der Waals surface area contributed by atoms with Crippen LogP contribution in [0.4, 0.5) is 0 Å². The van der Waals surface area contributed by atoms with Crippen LogP contribution in [0.25, 0.3) is 0 Å². The standard InChI is InChI=1S/C11H18N6O2S/c1-16-6-5-12-9(16)4-7-20-11-13-14-15-17(11)8-10(18-2)19-3/h5-6,10H,4,7-8H2,1-3H3. The number of aryl methyl sites for hydroxylation is 2. The summed E-state index contributed by atoms with van der Waals surface area (Å²) in [5.41, 5.74) is 0. The van der Waals surface area contributed by atoms with Crippen molar-refractivity contribution in [3.8, 4) is 0 Å². The molecule has 0 atom stereocenters. The van der Waals surface area contributed by atoms with Gasteiger partial charge in [-0.1, -0.05) is 11.8 Å². The first-order chi connectivity index (χ1) is 9.74. The van der Waals surface area contributed by atoms with Crippen LogP contribution in [0.15, 0.2) is 17.6 Å². The topological polar surface area (TPSA) is 79.9 Å². The van der Waals surface area contributed by atoms with Gasteiger partial charge in [0.25, 0.3) is 0 Å². The van der Waals surface area contributed by atoms with E-state index in [-0.39, 0.29) is 6.29 Å².